The smallest absolute Gasteiger partial charge is 0.289 e. The molecule has 2 bridgehead atoms. The van der Waals surface area contributed by atoms with Gasteiger partial charge >= 0.3 is 0 Å². The second-order valence-electron chi connectivity index (χ2n) is 8.44. The number of fused-ring (bicyclic) bond motifs is 2. The summed E-state index contributed by atoms with van der Waals surface area (Å²) in [6, 6.07) is 7.28. The number of carbonyl (C=O) groups excluding carboxylic acids is 3. The van der Waals surface area contributed by atoms with E-state index in [-0.39, 0.29) is 17.9 Å². The number of ketones is 1. The summed E-state index contributed by atoms with van der Waals surface area (Å²) in [5, 5.41) is 5.15. The Bertz CT molecular complexity index is 1140. The van der Waals surface area contributed by atoms with Crippen LogP contribution in [-0.2, 0) is 37.2 Å². The molecule has 3 N–H and O–H groups in total. The number of aromatic nitrogens is 2. The first-order chi connectivity index (χ1) is 16.2. The van der Waals surface area contributed by atoms with Crippen molar-refractivity contribution in [1.82, 2.24) is 25.3 Å². The van der Waals surface area contributed by atoms with Crippen molar-refractivity contribution in [2.45, 2.75) is 56.5 Å². The van der Waals surface area contributed by atoms with E-state index in [1.165, 1.54) is 12.1 Å². The van der Waals surface area contributed by atoms with E-state index >= 15 is 0 Å². The van der Waals surface area contributed by atoms with Crippen molar-refractivity contribution in [3.8, 4) is 0 Å². The Kier molecular flexibility index (Phi) is 8.46. The van der Waals surface area contributed by atoms with Gasteiger partial charge in [-0.1, -0.05) is 32.0 Å². The standard InChI is InChI=1S/C23H29N5O5S/c1-15(2)20(28-34(32,33)17-8-4-3-5-9-17)22(30)27-18-10-6-7-16-11-13-24-19(26-16)12-14-25-23(31)21(18)29/h3-5,8-9,11,13,15,18,20,28H,6-7,10,12,14H2,1-2H3,(H,25,31)(H,27,30). The largest absolute Gasteiger partial charge is 0.349 e. The second kappa shape index (κ2) is 11.3. The quantitative estimate of drug-likeness (QED) is 0.504. The summed E-state index contributed by atoms with van der Waals surface area (Å²) in [4.78, 5) is 46.9. The lowest BCUT2D eigenvalue weighted by molar-refractivity contribution is -0.140. The van der Waals surface area contributed by atoms with Crippen LogP contribution in [0.1, 0.15) is 38.2 Å². The Morgan fingerprint density at radius 3 is 2.56 bits per heavy atom. The molecular formula is C23H29N5O5S. The van der Waals surface area contributed by atoms with Gasteiger partial charge in [-0.25, -0.2) is 18.4 Å². The van der Waals surface area contributed by atoms with E-state index in [4.69, 9.17) is 0 Å². The molecule has 0 aliphatic carbocycles. The summed E-state index contributed by atoms with van der Waals surface area (Å²) in [5.74, 6) is -2.08. The van der Waals surface area contributed by atoms with Crippen LogP contribution in [0.25, 0.3) is 0 Å². The third-order valence-electron chi connectivity index (χ3n) is 5.46. The molecule has 2 aromatic rings. The maximum absolute atomic E-state index is 13.1. The first-order valence-corrected chi connectivity index (χ1v) is 12.7. The molecule has 2 amide bonds. The summed E-state index contributed by atoms with van der Waals surface area (Å²) in [6.07, 6.45) is 3.27. The molecule has 1 aromatic heterocycles. The van der Waals surface area contributed by atoms with Crippen molar-refractivity contribution < 1.29 is 22.8 Å². The number of hydrogen-bond donors (Lipinski definition) is 3. The van der Waals surface area contributed by atoms with Gasteiger partial charge in [0.05, 0.1) is 10.9 Å². The number of aryl methyl sites for hydroxylation is 1. The zero-order chi connectivity index (χ0) is 24.7. The Hall–Kier alpha value is -3.18. The fraction of sp³-hybridized carbons (Fsp3) is 0.435. The molecule has 0 radical (unpaired) electrons. The van der Waals surface area contributed by atoms with Crippen LogP contribution in [0.2, 0.25) is 0 Å². The number of sulfonamides is 1. The van der Waals surface area contributed by atoms with Gasteiger partial charge in [0.15, 0.2) is 0 Å². The SMILES string of the molecule is CC(C)C(NS(=O)(=O)c1ccccc1)C(=O)NC1CCCc2ccnc(n2)CCNC(=O)C1=O. The lowest BCUT2D eigenvalue weighted by Gasteiger charge is -2.25. The Labute approximate surface area is 199 Å². The minimum absolute atomic E-state index is 0.0270. The molecule has 34 heavy (non-hydrogen) atoms. The zero-order valence-electron chi connectivity index (χ0n) is 19.2. The second-order valence-corrected chi connectivity index (χ2v) is 10.2. The van der Waals surface area contributed by atoms with Gasteiger partial charge in [-0.2, -0.15) is 4.72 Å². The third kappa shape index (κ3) is 6.67. The predicted octanol–water partition coefficient (Wildman–Crippen LogP) is 0.529. The van der Waals surface area contributed by atoms with E-state index in [2.05, 4.69) is 25.3 Å². The number of Topliss-reactive ketones (excluding diaryl/α,β-unsaturated/α-hetero) is 1. The van der Waals surface area contributed by atoms with Crippen molar-refractivity contribution in [1.29, 1.82) is 0 Å². The summed E-state index contributed by atoms with van der Waals surface area (Å²) < 4.78 is 28.0. The van der Waals surface area contributed by atoms with E-state index in [1.54, 1.807) is 44.3 Å². The zero-order valence-corrected chi connectivity index (χ0v) is 20.0. The highest BCUT2D eigenvalue weighted by Crippen LogP contribution is 2.13. The van der Waals surface area contributed by atoms with Crippen LogP contribution in [0, 0.1) is 5.92 Å². The molecule has 182 valence electrons. The molecule has 2 heterocycles. The number of hydrogen-bond acceptors (Lipinski definition) is 7. The van der Waals surface area contributed by atoms with Crippen LogP contribution in [0.5, 0.6) is 0 Å². The van der Waals surface area contributed by atoms with Crippen LogP contribution in [-0.4, -0.2) is 54.6 Å². The maximum Gasteiger partial charge on any atom is 0.289 e. The molecule has 0 spiro atoms. The number of carbonyl (C=O) groups is 3. The summed E-state index contributed by atoms with van der Waals surface area (Å²) in [7, 11) is -3.97. The number of benzene rings is 1. The molecule has 1 aromatic carbocycles. The lowest BCUT2D eigenvalue weighted by atomic mass is 10.0. The number of amides is 2. The fourth-order valence-corrected chi connectivity index (χ4v) is 4.94. The molecule has 0 saturated heterocycles. The van der Waals surface area contributed by atoms with Gasteiger partial charge in [-0.3, -0.25) is 14.4 Å². The molecule has 0 saturated carbocycles. The van der Waals surface area contributed by atoms with E-state index in [0.29, 0.717) is 25.1 Å². The molecule has 3 rings (SSSR count). The van der Waals surface area contributed by atoms with Gasteiger partial charge < -0.3 is 10.6 Å². The van der Waals surface area contributed by atoms with Crippen molar-refractivity contribution in [3.63, 3.8) is 0 Å². The minimum Gasteiger partial charge on any atom is -0.349 e. The van der Waals surface area contributed by atoms with Crippen molar-refractivity contribution in [3.05, 3.63) is 54.1 Å². The van der Waals surface area contributed by atoms with Crippen LogP contribution in [0.15, 0.2) is 47.5 Å². The highest BCUT2D eigenvalue weighted by molar-refractivity contribution is 7.89. The normalized spacial score (nSPS) is 18.4. The summed E-state index contributed by atoms with van der Waals surface area (Å²) in [5.41, 5.74) is 0.810. The van der Waals surface area contributed by atoms with Crippen LogP contribution < -0.4 is 15.4 Å². The van der Waals surface area contributed by atoms with E-state index in [1.807, 2.05) is 0 Å². The summed E-state index contributed by atoms with van der Waals surface area (Å²) in [6.45, 7) is 3.57. The van der Waals surface area contributed by atoms with Gasteiger partial charge in [0.2, 0.25) is 21.7 Å². The molecule has 2 unspecified atom stereocenters. The monoisotopic (exact) mass is 487 g/mol. The fourth-order valence-electron chi connectivity index (χ4n) is 3.58. The summed E-state index contributed by atoms with van der Waals surface area (Å²) >= 11 is 0. The molecule has 1 aliphatic heterocycles. The molecule has 2 atom stereocenters. The van der Waals surface area contributed by atoms with Gasteiger partial charge in [-0.05, 0) is 43.4 Å². The van der Waals surface area contributed by atoms with Crippen LogP contribution in [0.3, 0.4) is 0 Å². The number of nitrogens with one attached hydrogen (secondary N) is 3. The molecule has 1 aliphatic rings. The third-order valence-corrected chi connectivity index (χ3v) is 6.92. The molecular weight excluding hydrogens is 458 g/mol. The average Bonchev–Trinajstić information content (AvgIpc) is 2.81. The van der Waals surface area contributed by atoms with E-state index in [9.17, 15) is 22.8 Å². The first-order valence-electron chi connectivity index (χ1n) is 11.2. The topological polar surface area (TPSA) is 147 Å². The van der Waals surface area contributed by atoms with Crippen molar-refractivity contribution >= 4 is 27.6 Å². The Morgan fingerprint density at radius 2 is 1.85 bits per heavy atom. The average molecular weight is 488 g/mol. The van der Waals surface area contributed by atoms with Crippen LogP contribution in [0.4, 0.5) is 0 Å². The maximum atomic E-state index is 13.1. The van der Waals surface area contributed by atoms with E-state index in [0.717, 1.165) is 5.69 Å². The highest BCUT2D eigenvalue weighted by Gasteiger charge is 2.33. The number of nitrogens with zero attached hydrogens (tertiary/aromatic N) is 2. The lowest BCUT2D eigenvalue weighted by Crippen LogP contribution is -2.55. The van der Waals surface area contributed by atoms with E-state index < -0.39 is 45.6 Å². The van der Waals surface area contributed by atoms with Crippen molar-refractivity contribution in [2.75, 3.05) is 6.54 Å². The Morgan fingerprint density at radius 1 is 1.12 bits per heavy atom. The van der Waals surface area contributed by atoms with Gasteiger partial charge in [-0.15, -0.1) is 0 Å². The van der Waals surface area contributed by atoms with Gasteiger partial charge in [0.25, 0.3) is 5.91 Å². The molecule has 10 nitrogen and oxygen atoms in total. The predicted molar refractivity (Wildman–Crippen MR) is 124 cm³/mol. The number of rotatable bonds is 6. The minimum atomic E-state index is -3.97. The van der Waals surface area contributed by atoms with Crippen LogP contribution >= 0.6 is 0 Å². The van der Waals surface area contributed by atoms with Gasteiger partial charge in [0, 0.05) is 24.9 Å². The molecule has 11 heteroatoms. The highest BCUT2D eigenvalue weighted by atomic mass is 32.2. The van der Waals surface area contributed by atoms with Crippen molar-refractivity contribution in [2.24, 2.45) is 5.92 Å². The first kappa shape index (κ1) is 25.4. The molecule has 0 fully saturated rings. The van der Waals surface area contributed by atoms with Gasteiger partial charge in [0.1, 0.15) is 11.9 Å². The Balaban J connectivity index is 1.76.